The SMILES string of the molecule is Cn1c(=O)c2nnc(N)nc2n(C)c1=O. The number of nitrogen functional groups attached to an aromatic ring is 1. The van der Waals surface area contributed by atoms with Crippen LogP contribution in [0.2, 0.25) is 0 Å². The summed E-state index contributed by atoms with van der Waals surface area (Å²) in [4.78, 5) is 26.9. The molecule has 0 spiro atoms. The first-order valence-electron chi connectivity index (χ1n) is 4.08. The van der Waals surface area contributed by atoms with Crippen LogP contribution in [0.4, 0.5) is 5.95 Å². The van der Waals surface area contributed by atoms with Gasteiger partial charge < -0.3 is 5.73 Å². The average Bonchev–Trinajstić information content (AvgIpc) is 2.23. The Morgan fingerprint density at radius 1 is 1.13 bits per heavy atom. The fourth-order valence-corrected chi connectivity index (χ4v) is 1.26. The van der Waals surface area contributed by atoms with Gasteiger partial charge in [-0.15, -0.1) is 10.2 Å². The van der Waals surface area contributed by atoms with Gasteiger partial charge in [0.1, 0.15) is 0 Å². The molecule has 0 amide bonds. The summed E-state index contributed by atoms with van der Waals surface area (Å²) in [5, 5.41) is 7.08. The van der Waals surface area contributed by atoms with Gasteiger partial charge in [0.05, 0.1) is 0 Å². The van der Waals surface area contributed by atoms with Crippen molar-refractivity contribution in [3.8, 4) is 0 Å². The topological polar surface area (TPSA) is 109 Å². The molecule has 0 fully saturated rings. The van der Waals surface area contributed by atoms with E-state index in [4.69, 9.17) is 5.73 Å². The molecule has 0 bridgehead atoms. The van der Waals surface area contributed by atoms with Crippen molar-refractivity contribution in [2.45, 2.75) is 0 Å². The molecule has 2 N–H and O–H groups in total. The van der Waals surface area contributed by atoms with Crippen LogP contribution in [-0.4, -0.2) is 24.3 Å². The Balaban J connectivity index is 3.15. The number of anilines is 1. The molecular formula is C7H8N6O2. The van der Waals surface area contributed by atoms with Gasteiger partial charge in [-0.05, 0) is 0 Å². The molecule has 0 atom stereocenters. The summed E-state index contributed by atoms with van der Waals surface area (Å²) >= 11 is 0. The van der Waals surface area contributed by atoms with Crippen LogP contribution in [0.5, 0.6) is 0 Å². The molecule has 0 aliphatic rings. The van der Waals surface area contributed by atoms with Crippen LogP contribution < -0.4 is 17.0 Å². The minimum Gasteiger partial charge on any atom is -0.366 e. The molecule has 0 aliphatic heterocycles. The second-order valence-corrected chi connectivity index (χ2v) is 3.05. The Bertz CT molecular complexity index is 655. The second kappa shape index (κ2) is 2.87. The van der Waals surface area contributed by atoms with Crippen LogP contribution in [0.3, 0.4) is 0 Å². The van der Waals surface area contributed by atoms with Crippen LogP contribution >= 0.6 is 0 Å². The van der Waals surface area contributed by atoms with Gasteiger partial charge >= 0.3 is 5.69 Å². The van der Waals surface area contributed by atoms with Gasteiger partial charge in [0.2, 0.25) is 5.95 Å². The minimum atomic E-state index is -0.534. The quantitative estimate of drug-likeness (QED) is 0.536. The van der Waals surface area contributed by atoms with E-state index in [1.165, 1.54) is 18.7 Å². The van der Waals surface area contributed by atoms with Gasteiger partial charge in [-0.2, -0.15) is 4.98 Å². The third-order valence-corrected chi connectivity index (χ3v) is 2.08. The Labute approximate surface area is 83.0 Å². The standard InChI is InChI=1S/C7H8N6O2/c1-12-4-3(10-11-6(8)9-4)5(14)13(2)7(12)15/h1-2H3,(H2,8,9,11). The molecule has 2 heterocycles. The average molecular weight is 208 g/mol. The Kier molecular flexibility index (Phi) is 1.78. The van der Waals surface area contributed by atoms with Crippen molar-refractivity contribution >= 4 is 17.1 Å². The van der Waals surface area contributed by atoms with E-state index in [0.717, 1.165) is 4.57 Å². The number of nitrogens with two attached hydrogens (primary N) is 1. The predicted molar refractivity (Wildman–Crippen MR) is 52.2 cm³/mol. The predicted octanol–water partition coefficient (Wildman–Crippen LogP) is -2.00. The highest BCUT2D eigenvalue weighted by atomic mass is 16.2. The molecule has 0 aliphatic carbocycles. The van der Waals surface area contributed by atoms with E-state index in [-0.39, 0.29) is 17.1 Å². The molecule has 0 radical (unpaired) electrons. The van der Waals surface area contributed by atoms with Crippen molar-refractivity contribution in [3.63, 3.8) is 0 Å². The van der Waals surface area contributed by atoms with Crippen molar-refractivity contribution in [2.75, 3.05) is 5.73 Å². The number of aryl methyl sites for hydroxylation is 1. The summed E-state index contributed by atoms with van der Waals surface area (Å²) in [6.07, 6.45) is 0. The lowest BCUT2D eigenvalue weighted by Gasteiger charge is -2.04. The summed E-state index contributed by atoms with van der Waals surface area (Å²) in [5.41, 5.74) is 4.47. The zero-order chi connectivity index (χ0) is 11.2. The number of hydrogen-bond acceptors (Lipinski definition) is 6. The van der Waals surface area contributed by atoms with Crippen LogP contribution in [0.25, 0.3) is 11.2 Å². The van der Waals surface area contributed by atoms with Crippen molar-refractivity contribution in [1.82, 2.24) is 24.3 Å². The van der Waals surface area contributed by atoms with Crippen molar-refractivity contribution in [2.24, 2.45) is 14.1 Å². The number of aromatic nitrogens is 5. The third kappa shape index (κ3) is 1.18. The first-order chi connectivity index (χ1) is 7.02. The van der Waals surface area contributed by atoms with E-state index < -0.39 is 11.2 Å². The van der Waals surface area contributed by atoms with Gasteiger partial charge in [-0.1, -0.05) is 0 Å². The molecule has 0 aromatic carbocycles. The van der Waals surface area contributed by atoms with Crippen LogP contribution in [0, 0.1) is 0 Å². The van der Waals surface area contributed by atoms with Crippen molar-refractivity contribution in [1.29, 1.82) is 0 Å². The molecule has 8 heteroatoms. The Morgan fingerprint density at radius 3 is 2.47 bits per heavy atom. The summed E-state index contributed by atoms with van der Waals surface area (Å²) in [5.74, 6) is -0.0780. The Hall–Kier alpha value is -2.25. The molecule has 0 unspecified atom stereocenters. The third-order valence-electron chi connectivity index (χ3n) is 2.08. The first-order valence-corrected chi connectivity index (χ1v) is 4.08. The zero-order valence-corrected chi connectivity index (χ0v) is 8.13. The van der Waals surface area contributed by atoms with Gasteiger partial charge in [-0.3, -0.25) is 13.9 Å². The summed E-state index contributed by atoms with van der Waals surface area (Å²) in [6, 6.07) is 0. The van der Waals surface area contributed by atoms with Gasteiger partial charge in [0.25, 0.3) is 5.56 Å². The van der Waals surface area contributed by atoms with E-state index in [0.29, 0.717) is 0 Å². The number of rotatable bonds is 0. The molecule has 0 saturated heterocycles. The maximum Gasteiger partial charge on any atom is 0.332 e. The summed E-state index contributed by atoms with van der Waals surface area (Å²) in [7, 11) is 2.85. The molecular weight excluding hydrogens is 200 g/mol. The van der Waals surface area contributed by atoms with Crippen LogP contribution in [0.1, 0.15) is 0 Å². The fraction of sp³-hybridized carbons (Fsp3) is 0.286. The molecule has 2 rings (SSSR count). The second-order valence-electron chi connectivity index (χ2n) is 3.05. The van der Waals surface area contributed by atoms with Crippen LogP contribution in [-0.2, 0) is 14.1 Å². The smallest absolute Gasteiger partial charge is 0.332 e. The van der Waals surface area contributed by atoms with E-state index in [1.54, 1.807) is 0 Å². The lowest BCUT2D eigenvalue weighted by molar-refractivity contribution is 0.701. The van der Waals surface area contributed by atoms with E-state index in [9.17, 15) is 9.59 Å². The van der Waals surface area contributed by atoms with Gasteiger partial charge in [0, 0.05) is 14.1 Å². The van der Waals surface area contributed by atoms with E-state index in [1.807, 2.05) is 0 Å². The molecule has 2 aromatic rings. The monoisotopic (exact) mass is 208 g/mol. The molecule has 8 nitrogen and oxygen atoms in total. The molecule has 78 valence electrons. The highest BCUT2D eigenvalue weighted by Crippen LogP contribution is 1.99. The molecule has 15 heavy (non-hydrogen) atoms. The number of fused-ring (bicyclic) bond motifs is 1. The highest BCUT2D eigenvalue weighted by molar-refractivity contribution is 5.68. The largest absolute Gasteiger partial charge is 0.366 e. The number of nitrogens with zero attached hydrogens (tertiary/aromatic N) is 5. The molecule has 0 saturated carbocycles. The summed E-state index contributed by atoms with van der Waals surface area (Å²) in [6.45, 7) is 0. The van der Waals surface area contributed by atoms with Crippen LogP contribution in [0.15, 0.2) is 9.59 Å². The maximum atomic E-state index is 11.6. The molecule has 2 aromatic heterocycles. The Morgan fingerprint density at radius 2 is 1.80 bits per heavy atom. The van der Waals surface area contributed by atoms with Gasteiger partial charge in [-0.25, -0.2) is 4.79 Å². The zero-order valence-electron chi connectivity index (χ0n) is 8.13. The lowest BCUT2D eigenvalue weighted by atomic mass is 10.5. The maximum absolute atomic E-state index is 11.6. The first kappa shape index (κ1) is 9.31. The van der Waals surface area contributed by atoms with E-state index >= 15 is 0 Å². The normalized spacial score (nSPS) is 10.8. The number of hydrogen-bond donors (Lipinski definition) is 1. The summed E-state index contributed by atoms with van der Waals surface area (Å²) < 4.78 is 2.14. The van der Waals surface area contributed by atoms with E-state index in [2.05, 4.69) is 15.2 Å². The minimum absolute atomic E-state index is 0.0220. The fourth-order valence-electron chi connectivity index (χ4n) is 1.26. The van der Waals surface area contributed by atoms with Crippen molar-refractivity contribution in [3.05, 3.63) is 20.8 Å². The highest BCUT2D eigenvalue weighted by Gasteiger charge is 2.11. The van der Waals surface area contributed by atoms with Gasteiger partial charge in [0.15, 0.2) is 11.2 Å². The lowest BCUT2D eigenvalue weighted by Crippen LogP contribution is -2.38. The van der Waals surface area contributed by atoms with Crippen molar-refractivity contribution < 1.29 is 0 Å².